The number of rotatable bonds is 6. The highest BCUT2D eigenvalue weighted by atomic mass is 19.1. The highest BCUT2D eigenvalue weighted by molar-refractivity contribution is 5.99. The molecule has 2 atom stereocenters. The fraction of sp³-hybridized carbons (Fsp3) is 0.704. The average Bonchev–Trinajstić information content (AvgIpc) is 3.54. The number of hydrogen-bond acceptors (Lipinski definition) is 7. The largest absolute Gasteiger partial charge is 0.387 e. The average molecular weight is 531 g/mol. The van der Waals surface area contributed by atoms with Crippen LogP contribution in [0.25, 0.3) is 11.0 Å². The van der Waals surface area contributed by atoms with Gasteiger partial charge in [0.2, 0.25) is 11.8 Å². The molecule has 2 aromatic heterocycles. The second-order valence-electron chi connectivity index (χ2n) is 11.6. The molecule has 3 fully saturated rings. The van der Waals surface area contributed by atoms with Crippen molar-refractivity contribution in [2.75, 3.05) is 32.1 Å². The smallest absolute Gasteiger partial charge is 0.248 e. The molecule has 0 spiro atoms. The monoisotopic (exact) mass is 530 g/mol. The van der Waals surface area contributed by atoms with Crippen LogP contribution in [0.4, 0.5) is 10.2 Å². The summed E-state index contributed by atoms with van der Waals surface area (Å²) in [6.45, 7) is 4.61. The number of aromatic amines is 1. The number of aliphatic hydroxyl groups is 1. The molecule has 0 radical (unpaired) electrons. The van der Waals surface area contributed by atoms with Crippen LogP contribution in [0.15, 0.2) is 18.3 Å². The van der Waals surface area contributed by atoms with Gasteiger partial charge in [0.05, 0.1) is 29.5 Å². The molecule has 10 nitrogen and oxygen atoms in total. The zero-order valence-corrected chi connectivity index (χ0v) is 22.5. The Morgan fingerprint density at radius 3 is 2.55 bits per heavy atom. The van der Waals surface area contributed by atoms with Crippen molar-refractivity contribution in [3.63, 3.8) is 0 Å². The lowest BCUT2D eigenvalue weighted by atomic mass is 9.73. The molecule has 2 saturated heterocycles. The summed E-state index contributed by atoms with van der Waals surface area (Å²) < 4.78 is 20.6. The number of piperidine rings is 1. The van der Waals surface area contributed by atoms with Gasteiger partial charge in [-0.1, -0.05) is 19.3 Å². The van der Waals surface area contributed by atoms with Crippen LogP contribution < -0.4 is 5.32 Å². The van der Waals surface area contributed by atoms with E-state index in [4.69, 9.17) is 4.74 Å². The first-order chi connectivity index (χ1) is 18.1. The van der Waals surface area contributed by atoms with Crippen LogP contribution in [0.5, 0.6) is 0 Å². The van der Waals surface area contributed by atoms with Gasteiger partial charge in [-0.15, -0.1) is 0 Å². The minimum Gasteiger partial charge on any atom is -0.387 e. The summed E-state index contributed by atoms with van der Waals surface area (Å²) in [5.74, 6) is -0.257. The Labute approximate surface area is 222 Å². The number of nitrogens with one attached hydrogen (secondary N) is 2. The van der Waals surface area contributed by atoms with Gasteiger partial charge in [0.25, 0.3) is 0 Å². The fourth-order valence-corrected chi connectivity index (χ4v) is 6.80. The van der Waals surface area contributed by atoms with Crippen LogP contribution in [0, 0.1) is 0 Å². The normalized spacial score (nSPS) is 26.0. The standard InChI is InChI=1S/C27H39FN6O4/c1-25(2,37)27(38-3)11-13-33(14-12-27)26(9-5-4-6-10-26)24(36)34-17-18(28)15-21(34)23(35)31-22-8-7-19-20(30-22)16-29-32-19/h7-8,16,18,21,37H,4-6,9-15,17H2,1-3H3,(H,29,32)(H,30,31,35)/t18-,21-/m1/s1. The molecule has 11 heteroatoms. The number of H-pyrrole nitrogens is 1. The van der Waals surface area contributed by atoms with Gasteiger partial charge in [0.1, 0.15) is 29.1 Å². The van der Waals surface area contributed by atoms with Gasteiger partial charge in [-0.05, 0) is 51.7 Å². The van der Waals surface area contributed by atoms with E-state index in [0.29, 0.717) is 50.1 Å². The van der Waals surface area contributed by atoms with Crippen molar-refractivity contribution >= 4 is 28.7 Å². The first-order valence-electron chi connectivity index (χ1n) is 13.7. The van der Waals surface area contributed by atoms with Crippen LogP contribution in [0.3, 0.4) is 0 Å². The summed E-state index contributed by atoms with van der Waals surface area (Å²) in [4.78, 5) is 35.8. The minimum atomic E-state index is -1.27. The molecule has 2 aliphatic heterocycles. The first-order valence-corrected chi connectivity index (χ1v) is 13.7. The third-order valence-corrected chi connectivity index (χ3v) is 9.12. The zero-order chi connectivity index (χ0) is 27.1. The number of fused-ring (bicyclic) bond motifs is 1. The van der Waals surface area contributed by atoms with Gasteiger partial charge in [-0.25, -0.2) is 9.37 Å². The van der Waals surface area contributed by atoms with Crippen LogP contribution in [-0.4, -0.2) is 97.6 Å². The van der Waals surface area contributed by atoms with E-state index >= 15 is 0 Å². The highest BCUT2D eigenvalue weighted by Crippen LogP contribution is 2.43. The topological polar surface area (TPSA) is 124 Å². The van der Waals surface area contributed by atoms with Crippen molar-refractivity contribution in [3.8, 4) is 0 Å². The lowest BCUT2D eigenvalue weighted by Crippen LogP contribution is -2.67. The number of nitrogens with zero attached hydrogens (tertiary/aromatic N) is 4. The third-order valence-electron chi connectivity index (χ3n) is 9.12. The molecule has 5 rings (SSSR count). The molecule has 2 aromatic rings. The molecule has 0 aromatic carbocycles. The van der Waals surface area contributed by atoms with E-state index in [2.05, 4.69) is 25.4 Å². The predicted octanol–water partition coefficient (Wildman–Crippen LogP) is 2.79. The summed E-state index contributed by atoms with van der Waals surface area (Å²) >= 11 is 0. The second kappa shape index (κ2) is 10.2. The summed E-state index contributed by atoms with van der Waals surface area (Å²) in [5.41, 5.74) is -1.15. The summed E-state index contributed by atoms with van der Waals surface area (Å²) in [6, 6.07) is 2.52. The minimum absolute atomic E-state index is 0.0346. The Balaban J connectivity index is 1.36. The number of anilines is 1. The van der Waals surface area contributed by atoms with E-state index in [0.717, 1.165) is 24.8 Å². The Bertz CT molecular complexity index is 1170. The number of likely N-dealkylation sites (tertiary alicyclic amines) is 2. The fourth-order valence-electron chi connectivity index (χ4n) is 6.80. The van der Waals surface area contributed by atoms with Crippen molar-refractivity contribution in [2.45, 2.75) is 94.2 Å². The number of pyridine rings is 1. The maximum Gasteiger partial charge on any atom is 0.248 e. The van der Waals surface area contributed by atoms with Gasteiger partial charge in [0, 0.05) is 26.6 Å². The molecule has 3 N–H and O–H groups in total. The second-order valence-corrected chi connectivity index (χ2v) is 11.6. The third kappa shape index (κ3) is 4.69. The van der Waals surface area contributed by atoms with E-state index in [-0.39, 0.29) is 18.9 Å². The van der Waals surface area contributed by atoms with Gasteiger partial charge in [0.15, 0.2) is 0 Å². The maximum absolute atomic E-state index is 14.8. The summed E-state index contributed by atoms with van der Waals surface area (Å²) in [7, 11) is 1.63. The number of alkyl halides is 1. The van der Waals surface area contributed by atoms with Gasteiger partial charge in [-0.2, -0.15) is 5.10 Å². The molecule has 3 aliphatic rings. The number of hydrogen-bond donors (Lipinski definition) is 3. The van der Waals surface area contributed by atoms with Crippen LogP contribution >= 0.6 is 0 Å². The van der Waals surface area contributed by atoms with Crippen LogP contribution in [0.2, 0.25) is 0 Å². The van der Waals surface area contributed by atoms with Crippen molar-refractivity contribution < 1.29 is 23.8 Å². The molecule has 38 heavy (non-hydrogen) atoms. The Hall–Kier alpha value is -2.63. The van der Waals surface area contributed by atoms with Crippen molar-refractivity contribution in [1.29, 1.82) is 0 Å². The summed E-state index contributed by atoms with van der Waals surface area (Å²) in [6.07, 6.45) is 5.64. The Morgan fingerprint density at radius 2 is 1.89 bits per heavy atom. The van der Waals surface area contributed by atoms with E-state index in [1.807, 2.05) is 0 Å². The quantitative estimate of drug-likeness (QED) is 0.525. The number of aromatic nitrogens is 3. The van der Waals surface area contributed by atoms with Crippen molar-refractivity contribution in [2.24, 2.45) is 0 Å². The van der Waals surface area contributed by atoms with E-state index in [9.17, 15) is 19.1 Å². The SMILES string of the molecule is COC1(C(C)(C)O)CCN(C2(C(=O)N3C[C@H](F)C[C@@H]3C(=O)Nc3ccc4[nH]ncc4n3)CCCCC2)CC1. The molecular formula is C27H39FN6O4. The van der Waals surface area contributed by atoms with Crippen LogP contribution in [-0.2, 0) is 14.3 Å². The van der Waals surface area contributed by atoms with E-state index in [1.54, 1.807) is 39.3 Å². The van der Waals surface area contributed by atoms with Gasteiger partial charge >= 0.3 is 0 Å². The molecule has 4 heterocycles. The van der Waals surface area contributed by atoms with Gasteiger partial charge < -0.3 is 20.1 Å². The maximum atomic E-state index is 14.8. The highest BCUT2D eigenvalue weighted by Gasteiger charge is 2.55. The van der Waals surface area contributed by atoms with Crippen molar-refractivity contribution in [1.82, 2.24) is 25.0 Å². The molecule has 0 unspecified atom stereocenters. The number of halogens is 1. The number of ether oxygens (including phenoxy) is 1. The molecule has 1 aliphatic carbocycles. The number of methoxy groups -OCH3 is 1. The lowest BCUT2D eigenvalue weighted by Gasteiger charge is -2.54. The lowest BCUT2D eigenvalue weighted by molar-refractivity contribution is -0.187. The molecular weight excluding hydrogens is 491 g/mol. The van der Waals surface area contributed by atoms with E-state index < -0.39 is 34.9 Å². The first kappa shape index (κ1) is 27.0. The number of carbonyl (C=O) groups excluding carboxylic acids is 2. The van der Waals surface area contributed by atoms with E-state index in [1.165, 1.54) is 4.90 Å². The summed E-state index contributed by atoms with van der Waals surface area (Å²) in [5, 5.41) is 20.4. The van der Waals surface area contributed by atoms with Crippen molar-refractivity contribution in [3.05, 3.63) is 18.3 Å². The molecule has 0 bridgehead atoms. The molecule has 208 valence electrons. The Morgan fingerprint density at radius 1 is 1.18 bits per heavy atom. The molecule has 2 amide bonds. The predicted molar refractivity (Wildman–Crippen MR) is 140 cm³/mol. The Kier molecular flexibility index (Phi) is 7.21. The number of amides is 2. The zero-order valence-electron chi connectivity index (χ0n) is 22.5. The molecule has 1 saturated carbocycles. The van der Waals surface area contributed by atoms with Gasteiger partial charge in [-0.3, -0.25) is 19.6 Å². The number of carbonyl (C=O) groups is 2. The van der Waals surface area contributed by atoms with Crippen LogP contribution in [0.1, 0.15) is 65.2 Å².